The predicted octanol–water partition coefficient (Wildman–Crippen LogP) is 0.967. The maximum atomic E-state index is 10.4. The van der Waals surface area contributed by atoms with Crippen molar-refractivity contribution in [2.24, 2.45) is 0 Å². The van der Waals surface area contributed by atoms with Crippen LogP contribution in [0.2, 0.25) is 0 Å². The van der Waals surface area contributed by atoms with E-state index in [1.54, 1.807) is 14.0 Å². The van der Waals surface area contributed by atoms with Crippen molar-refractivity contribution >= 4 is 11.9 Å². The zero-order valence-corrected chi connectivity index (χ0v) is 8.23. The molecule has 0 saturated carbocycles. The number of hydrogen-bond acceptors (Lipinski definition) is 4. The zero-order chi connectivity index (χ0) is 11.4. The minimum absolute atomic E-state index is 0.253. The van der Waals surface area contributed by atoms with Gasteiger partial charge in [-0.25, -0.2) is 9.59 Å². The summed E-state index contributed by atoms with van der Waals surface area (Å²) in [5, 5.41) is 8.04. The number of rotatable bonds is 4. The lowest BCUT2D eigenvalue weighted by Crippen LogP contribution is -2.00. The number of aliphatic carboxylic acids is 1. The maximum absolute atomic E-state index is 10.4. The normalized spacial score (nSPS) is 8.43. The van der Waals surface area contributed by atoms with E-state index in [1.807, 2.05) is 0 Å². The molecule has 0 aliphatic heterocycles. The molecule has 0 heterocycles. The van der Waals surface area contributed by atoms with Gasteiger partial charge in [0.15, 0.2) is 0 Å². The second-order valence-corrected chi connectivity index (χ2v) is 1.83. The molecule has 0 amide bonds. The molecule has 0 rings (SSSR count). The molecule has 0 fully saturated rings. The molecule has 0 aromatic rings. The van der Waals surface area contributed by atoms with Crippen molar-refractivity contribution in [1.82, 2.24) is 0 Å². The Bertz CT molecular complexity index is 207. The molecule has 0 aliphatic rings. The summed E-state index contributed by atoms with van der Waals surface area (Å²) in [5.41, 5.74) is 0. The average molecular weight is 202 g/mol. The number of carbonyl (C=O) groups excluding carboxylic acids is 1. The molecule has 0 unspecified atom stereocenters. The molecule has 0 aliphatic carbocycles. The summed E-state index contributed by atoms with van der Waals surface area (Å²) < 4.78 is 8.71. The van der Waals surface area contributed by atoms with E-state index in [0.29, 0.717) is 0 Å². The average Bonchev–Trinajstić information content (AvgIpc) is 2.16. The Kier molecular flexibility index (Phi) is 11.8. The lowest BCUT2D eigenvalue weighted by Gasteiger charge is -1.92. The fraction of sp³-hybridized carbons (Fsp3) is 0.333. The summed E-state index contributed by atoms with van der Waals surface area (Å²) in [7, 11) is 1.56. The molecule has 5 heteroatoms. The van der Waals surface area contributed by atoms with Crippen LogP contribution in [0.3, 0.4) is 0 Å². The van der Waals surface area contributed by atoms with Crippen molar-refractivity contribution in [1.29, 1.82) is 0 Å². The second-order valence-electron chi connectivity index (χ2n) is 1.83. The lowest BCUT2D eigenvalue weighted by molar-refractivity contribution is -0.138. The number of ether oxygens (including phenoxy) is 2. The van der Waals surface area contributed by atoms with E-state index >= 15 is 0 Å². The quantitative estimate of drug-likeness (QED) is 0.417. The van der Waals surface area contributed by atoms with Crippen molar-refractivity contribution < 1.29 is 24.2 Å². The van der Waals surface area contributed by atoms with Crippen LogP contribution in [0, 0.1) is 0 Å². The number of carbonyl (C=O) groups is 2. The van der Waals surface area contributed by atoms with E-state index in [2.05, 4.69) is 16.1 Å². The van der Waals surface area contributed by atoms with Crippen LogP contribution in [0.25, 0.3) is 0 Å². The zero-order valence-electron chi connectivity index (χ0n) is 8.23. The molecular weight excluding hydrogens is 188 g/mol. The Hall–Kier alpha value is -1.78. The number of hydrogen-bond donors (Lipinski definition) is 1. The Morgan fingerprint density at radius 2 is 1.93 bits per heavy atom. The van der Waals surface area contributed by atoms with Gasteiger partial charge in [-0.2, -0.15) is 0 Å². The van der Waals surface area contributed by atoms with Crippen LogP contribution in [0.1, 0.15) is 6.92 Å². The van der Waals surface area contributed by atoms with E-state index in [-0.39, 0.29) is 6.61 Å². The van der Waals surface area contributed by atoms with Crippen LogP contribution >= 0.6 is 0 Å². The van der Waals surface area contributed by atoms with Gasteiger partial charge < -0.3 is 14.6 Å². The Balaban J connectivity index is 0. The number of methoxy groups -OCH3 is 1. The molecule has 1 N–H and O–H groups in total. The van der Waals surface area contributed by atoms with Crippen molar-refractivity contribution in [3.8, 4) is 0 Å². The molecule has 0 atom stereocenters. The molecule has 14 heavy (non-hydrogen) atoms. The summed E-state index contributed by atoms with van der Waals surface area (Å²) in [6.07, 6.45) is 2.98. The van der Waals surface area contributed by atoms with E-state index in [0.717, 1.165) is 12.2 Å². The standard InChI is InChI=1S/C6H8O4.C3H6O/c1-2-10-6(9)4-3-5(7)8;1-3-4-2/h3-4H,2H2,1H3,(H,7,8);3H,1H2,2H3. The first-order valence-corrected chi connectivity index (χ1v) is 3.79. The van der Waals surface area contributed by atoms with Gasteiger partial charge in [0.25, 0.3) is 0 Å². The monoisotopic (exact) mass is 202 g/mol. The predicted molar refractivity (Wildman–Crippen MR) is 50.6 cm³/mol. The van der Waals surface area contributed by atoms with E-state index < -0.39 is 11.9 Å². The summed E-state index contributed by atoms with van der Waals surface area (Å²) in [5.74, 6) is -1.79. The molecule has 80 valence electrons. The van der Waals surface area contributed by atoms with Crippen molar-refractivity contribution in [3.05, 3.63) is 25.0 Å². The van der Waals surface area contributed by atoms with E-state index in [1.165, 1.54) is 6.26 Å². The molecule has 5 nitrogen and oxygen atoms in total. The third-order valence-electron chi connectivity index (χ3n) is 0.815. The SMILES string of the molecule is C=COC.CCOC(=O)C=CC(=O)O. The second kappa shape index (κ2) is 11.2. The van der Waals surface area contributed by atoms with Crippen LogP contribution < -0.4 is 0 Å². The number of esters is 1. The van der Waals surface area contributed by atoms with Crippen molar-refractivity contribution in [2.45, 2.75) is 6.92 Å². The summed E-state index contributed by atoms with van der Waals surface area (Å²) in [6, 6.07) is 0. The van der Waals surface area contributed by atoms with Gasteiger partial charge in [0, 0.05) is 12.2 Å². The van der Waals surface area contributed by atoms with Crippen LogP contribution in [0.5, 0.6) is 0 Å². The maximum Gasteiger partial charge on any atom is 0.330 e. The van der Waals surface area contributed by atoms with Crippen LogP contribution in [-0.2, 0) is 19.1 Å². The summed E-state index contributed by atoms with van der Waals surface area (Å²) in [6.45, 7) is 5.16. The van der Waals surface area contributed by atoms with Gasteiger partial charge in [-0.1, -0.05) is 6.58 Å². The largest absolute Gasteiger partial charge is 0.505 e. The van der Waals surface area contributed by atoms with Crippen LogP contribution in [-0.4, -0.2) is 30.8 Å². The van der Waals surface area contributed by atoms with Gasteiger partial charge >= 0.3 is 11.9 Å². The minimum atomic E-state index is -1.16. The first-order chi connectivity index (χ1) is 6.58. The Morgan fingerprint density at radius 1 is 1.43 bits per heavy atom. The molecule has 0 aromatic heterocycles. The van der Waals surface area contributed by atoms with Crippen LogP contribution in [0.4, 0.5) is 0 Å². The molecule has 0 bridgehead atoms. The highest BCUT2D eigenvalue weighted by Crippen LogP contribution is 1.80. The summed E-state index contributed by atoms with van der Waals surface area (Å²) >= 11 is 0. The lowest BCUT2D eigenvalue weighted by atomic mass is 10.5. The Morgan fingerprint density at radius 3 is 2.21 bits per heavy atom. The van der Waals surface area contributed by atoms with Crippen LogP contribution in [0.15, 0.2) is 25.0 Å². The van der Waals surface area contributed by atoms with Gasteiger partial charge in [0.05, 0.1) is 20.0 Å². The third-order valence-corrected chi connectivity index (χ3v) is 0.815. The summed E-state index contributed by atoms with van der Waals surface area (Å²) in [4.78, 5) is 20.2. The molecule has 0 spiro atoms. The number of carboxylic acid groups (broad SMARTS) is 1. The topological polar surface area (TPSA) is 72.8 Å². The molecule has 0 saturated heterocycles. The molecule has 0 radical (unpaired) electrons. The highest BCUT2D eigenvalue weighted by Gasteiger charge is 1.94. The highest BCUT2D eigenvalue weighted by molar-refractivity contribution is 5.90. The van der Waals surface area contributed by atoms with E-state index in [4.69, 9.17) is 5.11 Å². The fourth-order valence-corrected chi connectivity index (χ4v) is 0.330. The highest BCUT2D eigenvalue weighted by atomic mass is 16.5. The first kappa shape index (κ1) is 14.7. The first-order valence-electron chi connectivity index (χ1n) is 3.79. The van der Waals surface area contributed by atoms with Gasteiger partial charge in [0.2, 0.25) is 0 Å². The smallest absolute Gasteiger partial charge is 0.330 e. The van der Waals surface area contributed by atoms with Crippen molar-refractivity contribution in [2.75, 3.05) is 13.7 Å². The fourth-order valence-electron chi connectivity index (χ4n) is 0.330. The van der Waals surface area contributed by atoms with Gasteiger partial charge in [-0.15, -0.1) is 0 Å². The Labute approximate surface area is 82.6 Å². The van der Waals surface area contributed by atoms with Crippen molar-refractivity contribution in [3.63, 3.8) is 0 Å². The molecular formula is C9H14O5. The van der Waals surface area contributed by atoms with Gasteiger partial charge in [0.1, 0.15) is 0 Å². The minimum Gasteiger partial charge on any atom is -0.505 e. The molecule has 0 aromatic carbocycles. The van der Waals surface area contributed by atoms with E-state index in [9.17, 15) is 9.59 Å². The number of carboxylic acids is 1. The third kappa shape index (κ3) is 16.7. The van der Waals surface area contributed by atoms with Gasteiger partial charge in [-0.3, -0.25) is 0 Å². The van der Waals surface area contributed by atoms with Gasteiger partial charge in [-0.05, 0) is 6.92 Å².